The molecule has 3 N–H and O–H groups in total. The molecule has 6 nitrogen and oxygen atoms in total. The molecular formula is C29H34F5N3O3. The minimum Gasteiger partial charge on any atom is -0.456 e. The molecule has 4 rings (SSSR count). The number of ether oxygens (including phenoxy) is 1. The van der Waals surface area contributed by atoms with Crippen molar-refractivity contribution >= 4 is 17.6 Å². The van der Waals surface area contributed by atoms with Crippen molar-refractivity contribution in [3.63, 3.8) is 0 Å². The molecule has 0 bridgehead atoms. The SMILES string of the molecule is CCCCc1c(F)c(C(=O)OC(C)(C)C)c(N2CCCC2N)c2c1C(C(=O)NCC(F)(F)F)c1cc(F)ccc1-2. The molecule has 2 aromatic carbocycles. The Bertz CT molecular complexity index is 1320. The number of halogens is 5. The van der Waals surface area contributed by atoms with Crippen LogP contribution in [0.1, 0.15) is 86.3 Å². The second kappa shape index (κ2) is 11.0. The van der Waals surface area contributed by atoms with Crippen LogP contribution in [0.2, 0.25) is 0 Å². The van der Waals surface area contributed by atoms with Crippen LogP contribution >= 0.6 is 0 Å². The third kappa shape index (κ3) is 5.80. The van der Waals surface area contributed by atoms with Gasteiger partial charge in [0, 0.05) is 12.1 Å². The summed E-state index contributed by atoms with van der Waals surface area (Å²) in [6.45, 7) is 5.59. The number of nitrogens with two attached hydrogens (primary N) is 1. The number of amides is 1. The lowest BCUT2D eigenvalue weighted by Gasteiger charge is -2.31. The number of nitrogens with one attached hydrogen (secondary N) is 1. The molecule has 2 aliphatic rings. The number of fused-ring (bicyclic) bond motifs is 3. The zero-order valence-electron chi connectivity index (χ0n) is 23.0. The molecular weight excluding hydrogens is 533 g/mol. The van der Waals surface area contributed by atoms with E-state index >= 15 is 4.39 Å². The number of alkyl halides is 3. The third-order valence-electron chi connectivity index (χ3n) is 7.13. The number of anilines is 1. The fraction of sp³-hybridized carbons (Fsp3) is 0.517. The van der Waals surface area contributed by atoms with E-state index in [1.54, 1.807) is 25.7 Å². The van der Waals surface area contributed by atoms with Crippen molar-refractivity contribution in [1.29, 1.82) is 0 Å². The first-order chi connectivity index (χ1) is 18.6. The van der Waals surface area contributed by atoms with Gasteiger partial charge in [0.25, 0.3) is 0 Å². The Morgan fingerprint density at radius 3 is 2.45 bits per heavy atom. The predicted molar refractivity (Wildman–Crippen MR) is 141 cm³/mol. The van der Waals surface area contributed by atoms with Gasteiger partial charge in [-0.2, -0.15) is 13.2 Å². The summed E-state index contributed by atoms with van der Waals surface area (Å²) in [4.78, 5) is 28.6. The lowest BCUT2D eigenvalue weighted by Crippen LogP contribution is -2.39. The van der Waals surface area contributed by atoms with E-state index in [1.807, 2.05) is 12.2 Å². The molecule has 40 heavy (non-hydrogen) atoms. The van der Waals surface area contributed by atoms with Crippen LogP contribution < -0.4 is 16.0 Å². The van der Waals surface area contributed by atoms with Crippen molar-refractivity contribution in [2.45, 2.75) is 83.7 Å². The van der Waals surface area contributed by atoms with E-state index in [4.69, 9.17) is 10.5 Å². The fourth-order valence-electron chi connectivity index (χ4n) is 5.56. The number of esters is 1. The standard InChI is InChI=1S/C29H34F5N3O3/c1-5-6-8-17-20-21(16-11-10-15(30)13-18(16)22(20)26(38)36-14-29(32,33)34)25(37-12-7-9-19(37)35)23(24(17)31)27(39)40-28(2,3)4/h10-11,13,19,22H,5-9,12,14,35H2,1-4H3,(H,36,38). The summed E-state index contributed by atoms with van der Waals surface area (Å²) < 4.78 is 76.0. The number of carbonyl (C=O) groups excluding carboxylic acids is 2. The van der Waals surface area contributed by atoms with E-state index in [-0.39, 0.29) is 34.4 Å². The minimum atomic E-state index is -4.69. The highest BCUT2D eigenvalue weighted by molar-refractivity contribution is 6.07. The van der Waals surface area contributed by atoms with Crippen molar-refractivity contribution in [3.05, 3.63) is 52.1 Å². The maximum Gasteiger partial charge on any atom is 0.405 e. The summed E-state index contributed by atoms with van der Waals surface area (Å²) >= 11 is 0. The quantitative estimate of drug-likeness (QED) is 0.320. The summed E-state index contributed by atoms with van der Waals surface area (Å²) in [7, 11) is 0. The maximum absolute atomic E-state index is 16.7. The summed E-state index contributed by atoms with van der Waals surface area (Å²) in [6.07, 6.45) is -2.86. The van der Waals surface area contributed by atoms with Crippen molar-refractivity contribution in [2.75, 3.05) is 18.0 Å². The van der Waals surface area contributed by atoms with E-state index in [9.17, 15) is 27.2 Å². The summed E-state index contributed by atoms with van der Waals surface area (Å²) in [5.74, 6) is -5.00. The first kappa shape index (κ1) is 29.8. The second-order valence-corrected chi connectivity index (χ2v) is 11.3. The van der Waals surface area contributed by atoms with E-state index in [1.165, 1.54) is 6.07 Å². The van der Waals surface area contributed by atoms with Crippen molar-refractivity contribution in [1.82, 2.24) is 5.32 Å². The molecule has 0 radical (unpaired) electrons. The Morgan fingerprint density at radius 2 is 1.88 bits per heavy atom. The molecule has 2 unspecified atom stereocenters. The summed E-state index contributed by atoms with van der Waals surface area (Å²) in [5, 5.41) is 1.90. The van der Waals surface area contributed by atoms with Gasteiger partial charge in [0.05, 0.1) is 17.8 Å². The number of nitrogens with zero attached hydrogens (tertiary/aromatic N) is 1. The summed E-state index contributed by atoms with van der Waals surface area (Å²) in [6, 6.07) is 3.65. The monoisotopic (exact) mass is 567 g/mol. The van der Waals surface area contributed by atoms with Gasteiger partial charge in [-0.25, -0.2) is 13.6 Å². The average Bonchev–Trinajstić information content (AvgIpc) is 3.40. The Kier molecular flexibility index (Phi) is 8.18. The molecule has 0 saturated carbocycles. The van der Waals surface area contributed by atoms with Crippen LogP contribution in [0.3, 0.4) is 0 Å². The molecule has 1 saturated heterocycles. The number of rotatable bonds is 7. The van der Waals surface area contributed by atoms with Crippen molar-refractivity contribution in [3.8, 4) is 11.1 Å². The van der Waals surface area contributed by atoms with Gasteiger partial charge in [-0.15, -0.1) is 0 Å². The minimum absolute atomic E-state index is 0.0259. The normalized spacial score (nSPS) is 18.5. The number of carbonyl (C=O) groups is 2. The molecule has 0 aromatic heterocycles. The molecule has 1 aliphatic carbocycles. The smallest absolute Gasteiger partial charge is 0.405 e. The van der Waals surface area contributed by atoms with Gasteiger partial charge in [0.15, 0.2) is 0 Å². The zero-order chi connectivity index (χ0) is 29.6. The average molecular weight is 568 g/mol. The van der Waals surface area contributed by atoms with Crippen molar-refractivity contribution in [2.24, 2.45) is 5.73 Å². The van der Waals surface area contributed by atoms with Gasteiger partial charge in [-0.05, 0) is 80.8 Å². The van der Waals surface area contributed by atoms with Crippen LogP contribution in [-0.4, -0.2) is 42.9 Å². The van der Waals surface area contributed by atoms with Gasteiger partial charge < -0.3 is 20.7 Å². The molecule has 1 amide bonds. The Hall–Kier alpha value is -3.21. The van der Waals surface area contributed by atoms with E-state index in [0.29, 0.717) is 43.4 Å². The number of hydrogen-bond acceptors (Lipinski definition) is 5. The Labute approximate surface area is 230 Å². The summed E-state index contributed by atoms with van der Waals surface area (Å²) in [5.41, 5.74) is 6.09. The lowest BCUT2D eigenvalue weighted by molar-refractivity contribution is -0.138. The van der Waals surface area contributed by atoms with Crippen LogP contribution in [0.4, 0.5) is 27.6 Å². The number of unbranched alkanes of at least 4 members (excludes halogenated alkanes) is 1. The van der Waals surface area contributed by atoms with Gasteiger partial charge >= 0.3 is 12.1 Å². The first-order valence-corrected chi connectivity index (χ1v) is 13.4. The van der Waals surface area contributed by atoms with Crippen LogP contribution in [0.5, 0.6) is 0 Å². The first-order valence-electron chi connectivity index (χ1n) is 13.4. The Balaban J connectivity index is 2.08. The van der Waals surface area contributed by atoms with Crippen molar-refractivity contribution < 1.29 is 36.3 Å². The molecule has 2 aromatic rings. The largest absolute Gasteiger partial charge is 0.456 e. The molecule has 0 spiro atoms. The maximum atomic E-state index is 16.7. The topological polar surface area (TPSA) is 84.7 Å². The molecule has 11 heteroatoms. The highest BCUT2D eigenvalue weighted by atomic mass is 19.4. The molecule has 1 fully saturated rings. The number of hydrogen-bond donors (Lipinski definition) is 2. The van der Waals surface area contributed by atoms with Crippen LogP contribution in [-0.2, 0) is 16.0 Å². The Morgan fingerprint density at radius 1 is 1.18 bits per heavy atom. The molecule has 218 valence electrons. The highest BCUT2D eigenvalue weighted by Gasteiger charge is 2.45. The molecule has 1 heterocycles. The highest BCUT2D eigenvalue weighted by Crippen LogP contribution is 2.54. The number of benzene rings is 2. The van der Waals surface area contributed by atoms with Gasteiger partial charge in [0.2, 0.25) is 5.91 Å². The third-order valence-corrected chi connectivity index (χ3v) is 7.13. The van der Waals surface area contributed by atoms with Gasteiger partial charge in [-0.1, -0.05) is 19.4 Å². The van der Waals surface area contributed by atoms with E-state index < -0.39 is 53.9 Å². The van der Waals surface area contributed by atoms with Crippen LogP contribution in [0, 0.1) is 11.6 Å². The zero-order valence-corrected chi connectivity index (χ0v) is 23.0. The van der Waals surface area contributed by atoms with Crippen LogP contribution in [0.25, 0.3) is 11.1 Å². The van der Waals surface area contributed by atoms with E-state index in [2.05, 4.69) is 0 Å². The molecule has 1 aliphatic heterocycles. The second-order valence-electron chi connectivity index (χ2n) is 11.3. The van der Waals surface area contributed by atoms with E-state index in [0.717, 1.165) is 12.1 Å². The molecule has 2 atom stereocenters. The van der Waals surface area contributed by atoms with Gasteiger partial charge in [0.1, 0.15) is 29.3 Å². The van der Waals surface area contributed by atoms with Gasteiger partial charge in [-0.3, -0.25) is 4.79 Å². The lowest BCUT2D eigenvalue weighted by atomic mass is 9.86. The van der Waals surface area contributed by atoms with Crippen LogP contribution in [0.15, 0.2) is 18.2 Å². The fourth-order valence-corrected chi connectivity index (χ4v) is 5.56. The predicted octanol–water partition coefficient (Wildman–Crippen LogP) is 5.94.